The molecule has 3 nitrogen and oxygen atoms in total. The van der Waals surface area contributed by atoms with Gasteiger partial charge in [0, 0.05) is 6.61 Å². The van der Waals surface area contributed by atoms with Gasteiger partial charge in [0.15, 0.2) is 0 Å². The van der Waals surface area contributed by atoms with Gasteiger partial charge in [-0.1, -0.05) is 12.1 Å². The van der Waals surface area contributed by atoms with E-state index in [0.29, 0.717) is 0 Å². The predicted molar refractivity (Wildman–Crippen MR) is 89.1 cm³/mol. The molecule has 0 aromatic heterocycles. The molecule has 0 amide bonds. The summed E-state index contributed by atoms with van der Waals surface area (Å²) in [6, 6.07) is 10.1. The van der Waals surface area contributed by atoms with E-state index in [-0.39, 0.29) is 6.61 Å². The molecule has 0 bridgehead atoms. The number of rotatable bonds is 6. The van der Waals surface area contributed by atoms with Crippen molar-refractivity contribution in [3.05, 3.63) is 52.6 Å². The standard InChI is InChI=1S/C19H24O3/c1-13-12-17(7-8-18(13)21-4)22-19-14(2)10-16(6-5-9-20)11-15(19)3/h7-8,10-12,20H,5-6,9H2,1-4H3. The lowest BCUT2D eigenvalue weighted by Crippen LogP contribution is -1.96. The first-order valence-corrected chi connectivity index (χ1v) is 7.58. The van der Waals surface area contributed by atoms with Gasteiger partial charge in [0.1, 0.15) is 17.2 Å². The number of aliphatic hydroxyl groups excluding tert-OH is 1. The minimum absolute atomic E-state index is 0.224. The molecule has 0 fully saturated rings. The van der Waals surface area contributed by atoms with Crippen LogP contribution in [0.5, 0.6) is 17.2 Å². The Balaban J connectivity index is 2.24. The molecule has 0 unspecified atom stereocenters. The summed E-state index contributed by atoms with van der Waals surface area (Å²) in [6.45, 7) is 6.34. The van der Waals surface area contributed by atoms with Crippen molar-refractivity contribution in [2.75, 3.05) is 13.7 Å². The number of benzene rings is 2. The van der Waals surface area contributed by atoms with Crippen LogP contribution in [-0.2, 0) is 6.42 Å². The Labute approximate surface area is 132 Å². The van der Waals surface area contributed by atoms with E-state index in [1.165, 1.54) is 5.56 Å². The molecule has 1 N–H and O–H groups in total. The van der Waals surface area contributed by atoms with Crippen molar-refractivity contribution in [2.24, 2.45) is 0 Å². The first-order chi connectivity index (χ1) is 10.5. The Morgan fingerprint density at radius 3 is 2.18 bits per heavy atom. The van der Waals surface area contributed by atoms with Gasteiger partial charge in [-0.15, -0.1) is 0 Å². The zero-order valence-corrected chi connectivity index (χ0v) is 13.8. The van der Waals surface area contributed by atoms with Gasteiger partial charge in [0.05, 0.1) is 7.11 Å². The first kappa shape index (κ1) is 16.4. The second-order valence-corrected chi connectivity index (χ2v) is 5.62. The highest BCUT2D eigenvalue weighted by Crippen LogP contribution is 2.32. The summed E-state index contributed by atoms with van der Waals surface area (Å²) < 4.78 is 11.3. The first-order valence-electron chi connectivity index (χ1n) is 7.58. The third-order valence-electron chi connectivity index (χ3n) is 3.73. The van der Waals surface area contributed by atoms with E-state index >= 15 is 0 Å². The number of hydrogen-bond acceptors (Lipinski definition) is 3. The topological polar surface area (TPSA) is 38.7 Å². The molecule has 3 heteroatoms. The normalized spacial score (nSPS) is 10.6. The van der Waals surface area contributed by atoms with E-state index in [1.807, 2.05) is 25.1 Å². The van der Waals surface area contributed by atoms with Crippen LogP contribution in [0.4, 0.5) is 0 Å². The highest BCUT2D eigenvalue weighted by molar-refractivity contribution is 5.47. The summed E-state index contributed by atoms with van der Waals surface area (Å²) in [5.74, 6) is 2.57. The van der Waals surface area contributed by atoms with Crippen LogP contribution in [0.15, 0.2) is 30.3 Å². The minimum Gasteiger partial charge on any atom is -0.496 e. The molecule has 22 heavy (non-hydrogen) atoms. The van der Waals surface area contributed by atoms with Crippen LogP contribution >= 0.6 is 0 Å². The van der Waals surface area contributed by atoms with Crippen molar-refractivity contribution < 1.29 is 14.6 Å². The maximum Gasteiger partial charge on any atom is 0.133 e. The Bertz CT molecular complexity index is 624. The average molecular weight is 300 g/mol. The van der Waals surface area contributed by atoms with Crippen LogP contribution in [0.2, 0.25) is 0 Å². The summed E-state index contributed by atoms with van der Waals surface area (Å²) in [5, 5.41) is 8.95. The highest BCUT2D eigenvalue weighted by atomic mass is 16.5. The van der Waals surface area contributed by atoms with Crippen LogP contribution in [0.25, 0.3) is 0 Å². The molecule has 0 radical (unpaired) electrons. The molecular formula is C19H24O3. The van der Waals surface area contributed by atoms with E-state index < -0.39 is 0 Å². The van der Waals surface area contributed by atoms with Crippen LogP contribution in [0.3, 0.4) is 0 Å². The van der Waals surface area contributed by atoms with Crippen molar-refractivity contribution >= 4 is 0 Å². The van der Waals surface area contributed by atoms with Gasteiger partial charge >= 0.3 is 0 Å². The summed E-state index contributed by atoms with van der Waals surface area (Å²) in [5.41, 5.74) is 4.51. The summed E-state index contributed by atoms with van der Waals surface area (Å²) in [7, 11) is 1.67. The van der Waals surface area contributed by atoms with Gasteiger partial charge in [-0.25, -0.2) is 0 Å². The van der Waals surface area contributed by atoms with Crippen molar-refractivity contribution in [1.29, 1.82) is 0 Å². The molecule has 118 valence electrons. The maximum absolute atomic E-state index is 8.95. The molecule has 2 aromatic rings. The third-order valence-corrected chi connectivity index (χ3v) is 3.73. The third kappa shape index (κ3) is 3.80. The monoisotopic (exact) mass is 300 g/mol. The molecule has 0 saturated heterocycles. The number of ether oxygens (including phenoxy) is 2. The molecule has 2 aromatic carbocycles. The molecule has 2 rings (SSSR count). The van der Waals surface area contributed by atoms with Gasteiger partial charge < -0.3 is 14.6 Å². The van der Waals surface area contributed by atoms with Gasteiger partial charge in [0.2, 0.25) is 0 Å². The largest absolute Gasteiger partial charge is 0.496 e. The Morgan fingerprint density at radius 1 is 0.955 bits per heavy atom. The van der Waals surface area contributed by atoms with Crippen LogP contribution < -0.4 is 9.47 Å². The van der Waals surface area contributed by atoms with Gasteiger partial charge in [-0.3, -0.25) is 0 Å². The van der Waals surface area contributed by atoms with Gasteiger partial charge in [-0.05, 0) is 74.1 Å². The second kappa shape index (κ2) is 7.32. The van der Waals surface area contributed by atoms with Crippen LogP contribution in [0.1, 0.15) is 28.7 Å². The van der Waals surface area contributed by atoms with E-state index in [1.54, 1.807) is 7.11 Å². The molecule has 0 atom stereocenters. The quantitative estimate of drug-likeness (QED) is 0.862. The fourth-order valence-corrected chi connectivity index (χ4v) is 2.66. The van der Waals surface area contributed by atoms with Crippen LogP contribution in [0, 0.1) is 20.8 Å². The number of aliphatic hydroxyl groups is 1. The highest BCUT2D eigenvalue weighted by Gasteiger charge is 2.09. The molecular weight excluding hydrogens is 276 g/mol. The van der Waals surface area contributed by atoms with E-state index in [4.69, 9.17) is 14.6 Å². The molecule has 0 aliphatic carbocycles. The lowest BCUT2D eigenvalue weighted by Gasteiger charge is -2.15. The van der Waals surface area contributed by atoms with Crippen molar-refractivity contribution in [3.63, 3.8) is 0 Å². The average Bonchev–Trinajstić information content (AvgIpc) is 2.49. The zero-order chi connectivity index (χ0) is 16.1. The second-order valence-electron chi connectivity index (χ2n) is 5.62. The van der Waals surface area contributed by atoms with Crippen molar-refractivity contribution in [3.8, 4) is 17.2 Å². The molecule has 0 saturated carbocycles. The lowest BCUT2D eigenvalue weighted by atomic mass is 10.0. The molecule has 0 heterocycles. The van der Waals surface area contributed by atoms with Crippen molar-refractivity contribution in [2.45, 2.75) is 33.6 Å². The summed E-state index contributed by atoms with van der Waals surface area (Å²) in [4.78, 5) is 0. The maximum atomic E-state index is 8.95. The number of aryl methyl sites for hydroxylation is 4. The Kier molecular flexibility index (Phi) is 5.45. The smallest absolute Gasteiger partial charge is 0.133 e. The molecule has 0 aliphatic heterocycles. The van der Waals surface area contributed by atoms with E-state index in [0.717, 1.165) is 46.8 Å². The van der Waals surface area contributed by atoms with Gasteiger partial charge in [0.25, 0.3) is 0 Å². The minimum atomic E-state index is 0.224. The summed E-state index contributed by atoms with van der Waals surface area (Å²) >= 11 is 0. The Hall–Kier alpha value is -2.00. The fraction of sp³-hybridized carbons (Fsp3) is 0.368. The van der Waals surface area contributed by atoms with E-state index in [2.05, 4.69) is 26.0 Å². The predicted octanol–water partition coefficient (Wildman–Crippen LogP) is 4.34. The number of methoxy groups -OCH3 is 1. The Morgan fingerprint density at radius 2 is 1.64 bits per heavy atom. The van der Waals surface area contributed by atoms with Crippen LogP contribution in [-0.4, -0.2) is 18.8 Å². The molecule has 0 spiro atoms. The summed E-state index contributed by atoms with van der Waals surface area (Å²) in [6.07, 6.45) is 1.68. The van der Waals surface area contributed by atoms with Gasteiger partial charge in [-0.2, -0.15) is 0 Å². The van der Waals surface area contributed by atoms with E-state index in [9.17, 15) is 0 Å². The lowest BCUT2D eigenvalue weighted by molar-refractivity contribution is 0.288. The van der Waals surface area contributed by atoms with Crippen molar-refractivity contribution in [1.82, 2.24) is 0 Å². The fourth-order valence-electron chi connectivity index (χ4n) is 2.66. The zero-order valence-electron chi connectivity index (χ0n) is 13.8. The number of hydrogen-bond donors (Lipinski definition) is 1. The SMILES string of the molecule is COc1ccc(Oc2c(C)cc(CCCO)cc2C)cc1C. The molecule has 0 aliphatic rings.